The zero-order valence-electron chi connectivity index (χ0n) is 10.1. The van der Waals surface area contributed by atoms with Gasteiger partial charge >= 0.3 is 0 Å². The van der Waals surface area contributed by atoms with Gasteiger partial charge in [0.25, 0.3) is 0 Å². The van der Waals surface area contributed by atoms with Crippen LogP contribution < -0.4 is 5.32 Å². The second-order valence-corrected chi connectivity index (χ2v) is 4.35. The van der Waals surface area contributed by atoms with Crippen LogP contribution in [0, 0.1) is 5.92 Å². The molecule has 4 heteroatoms. The molecule has 0 saturated heterocycles. The summed E-state index contributed by atoms with van der Waals surface area (Å²) in [6.07, 6.45) is 4.74. The number of carbonyl (C=O) groups is 1. The van der Waals surface area contributed by atoms with E-state index < -0.39 is 0 Å². The number of rotatable bonds is 6. The van der Waals surface area contributed by atoms with Crippen LogP contribution in [0.3, 0.4) is 0 Å². The van der Waals surface area contributed by atoms with Crippen LogP contribution in [0.1, 0.15) is 39.0 Å². The zero-order chi connectivity index (χ0) is 11.8. The lowest BCUT2D eigenvalue weighted by atomic mass is 9.85. The van der Waals surface area contributed by atoms with E-state index in [1.807, 2.05) is 6.92 Å². The average Bonchev–Trinajstić information content (AvgIpc) is 2.30. The molecule has 2 atom stereocenters. The molecule has 1 rings (SSSR count). The van der Waals surface area contributed by atoms with E-state index in [1.165, 1.54) is 0 Å². The molecule has 1 saturated carbocycles. The maximum absolute atomic E-state index is 11.6. The van der Waals surface area contributed by atoms with Crippen LogP contribution in [-0.4, -0.2) is 36.9 Å². The Morgan fingerprint density at radius 3 is 2.88 bits per heavy atom. The van der Waals surface area contributed by atoms with Crippen LogP contribution in [0.25, 0.3) is 0 Å². The summed E-state index contributed by atoms with van der Waals surface area (Å²) in [5.41, 5.74) is 0. The third-order valence-corrected chi connectivity index (χ3v) is 3.17. The number of carbonyl (C=O) groups excluding carboxylic acids is 1. The van der Waals surface area contributed by atoms with E-state index in [4.69, 9.17) is 4.74 Å². The summed E-state index contributed by atoms with van der Waals surface area (Å²) in [7, 11) is 0. The SMILES string of the molecule is CCOCCC(=O)NC1CCCCC1CO. The predicted molar refractivity (Wildman–Crippen MR) is 62.1 cm³/mol. The van der Waals surface area contributed by atoms with Crippen molar-refractivity contribution in [1.29, 1.82) is 0 Å². The molecule has 0 aliphatic heterocycles. The minimum Gasteiger partial charge on any atom is -0.396 e. The van der Waals surface area contributed by atoms with E-state index in [2.05, 4.69) is 5.32 Å². The van der Waals surface area contributed by atoms with Gasteiger partial charge in [0.2, 0.25) is 5.91 Å². The number of nitrogens with one attached hydrogen (secondary N) is 1. The second-order valence-electron chi connectivity index (χ2n) is 4.35. The molecule has 16 heavy (non-hydrogen) atoms. The number of ether oxygens (including phenoxy) is 1. The van der Waals surface area contributed by atoms with Crippen LogP contribution in [0.5, 0.6) is 0 Å². The van der Waals surface area contributed by atoms with Crippen molar-refractivity contribution in [3.8, 4) is 0 Å². The molecular weight excluding hydrogens is 206 g/mol. The number of amides is 1. The van der Waals surface area contributed by atoms with Crippen molar-refractivity contribution in [3.63, 3.8) is 0 Å². The molecule has 4 nitrogen and oxygen atoms in total. The molecule has 1 aliphatic rings. The Balaban J connectivity index is 2.25. The van der Waals surface area contributed by atoms with E-state index in [9.17, 15) is 9.90 Å². The largest absolute Gasteiger partial charge is 0.396 e. The highest BCUT2D eigenvalue weighted by atomic mass is 16.5. The molecule has 0 bridgehead atoms. The highest BCUT2D eigenvalue weighted by Gasteiger charge is 2.25. The molecule has 2 N–H and O–H groups in total. The third kappa shape index (κ3) is 4.49. The van der Waals surface area contributed by atoms with Crippen molar-refractivity contribution in [3.05, 3.63) is 0 Å². The van der Waals surface area contributed by atoms with Gasteiger partial charge in [0.05, 0.1) is 6.61 Å². The van der Waals surface area contributed by atoms with Crippen LogP contribution in [0.4, 0.5) is 0 Å². The summed E-state index contributed by atoms with van der Waals surface area (Å²) in [6.45, 7) is 3.23. The topological polar surface area (TPSA) is 58.6 Å². The Bertz CT molecular complexity index is 208. The van der Waals surface area contributed by atoms with Crippen LogP contribution in [-0.2, 0) is 9.53 Å². The Morgan fingerprint density at radius 2 is 2.19 bits per heavy atom. The van der Waals surface area contributed by atoms with Gasteiger partial charge in [-0.05, 0) is 19.8 Å². The van der Waals surface area contributed by atoms with E-state index in [-0.39, 0.29) is 24.5 Å². The normalized spacial score (nSPS) is 25.4. The van der Waals surface area contributed by atoms with E-state index in [1.54, 1.807) is 0 Å². The lowest BCUT2D eigenvalue weighted by Gasteiger charge is -2.30. The number of aliphatic hydroxyl groups excluding tert-OH is 1. The first-order valence-corrected chi connectivity index (χ1v) is 6.26. The first-order valence-electron chi connectivity index (χ1n) is 6.26. The summed E-state index contributed by atoms with van der Waals surface area (Å²) in [6, 6.07) is 0.160. The fourth-order valence-corrected chi connectivity index (χ4v) is 2.20. The Kier molecular flexibility index (Phi) is 6.42. The standard InChI is InChI=1S/C12H23NO3/c1-2-16-8-7-12(15)13-11-6-4-3-5-10(11)9-14/h10-11,14H,2-9H2,1H3,(H,13,15). The van der Waals surface area contributed by atoms with Crippen molar-refractivity contribution >= 4 is 5.91 Å². The van der Waals surface area contributed by atoms with Gasteiger partial charge in [-0.25, -0.2) is 0 Å². The van der Waals surface area contributed by atoms with Gasteiger partial charge < -0.3 is 15.2 Å². The van der Waals surface area contributed by atoms with E-state index >= 15 is 0 Å². The van der Waals surface area contributed by atoms with Crippen LogP contribution in [0.2, 0.25) is 0 Å². The van der Waals surface area contributed by atoms with E-state index in [0.717, 1.165) is 25.7 Å². The van der Waals surface area contributed by atoms with Gasteiger partial charge in [-0.3, -0.25) is 4.79 Å². The monoisotopic (exact) mass is 229 g/mol. The highest BCUT2D eigenvalue weighted by Crippen LogP contribution is 2.23. The van der Waals surface area contributed by atoms with Gasteiger partial charge in [0.1, 0.15) is 0 Å². The number of aliphatic hydroxyl groups is 1. The summed E-state index contributed by atoms with van der Waals surface area (Å²) in [5.74, 6) is 0.281. The summed E-state index contributed by atoms with van der Waals surface area (Å²) in [4.78, 5) is 11.6. The average molecular weight is 229 g/mol. The molecule has 0 aromatic heterocycles. The Hall–Kier alpha value is -0.610. The molecule has 1 aliphatic carbocycles. The Labute approximate surface area is 97.4 Å². The maximum atomic E-state index is 11.6. The molecule has 0 spiro atoms. The molecule has 1 amide bonds. The van der Waals surface area contributed by atoms with Crippen molar-refractivity contribution in [2.75, 3.05) is 19.8 Å². The third-order valence-electron chi connectivity index (χ3n) is 3.17. The number of hydrogen-bond donors (Lipinski definition) is 2. The highest BCUT2D eigenvalue weighted by molar-refractivity contribution is 5.76. The number of hydrogen-bond acceptors (Lipinski definition) is 3. The van der Waals surface area contributed by atoms with Crippen molar-refractivity contribution in [1.82, 2.24) is 5.32 Å². The van der Waals surface area contributed by atoms with Crippen molar-refractivity contribution in [2.45, 2.75) is 45.1 Å². The van der Waals surface area contributed by atoms with Crippen LogP contribution in [0.15, 0.2) is 0 Å². The lowest BCUT2D eigenvalue weighted by molar-refractivity contribution is -0.123. The smallest absolute Gasteiger partial charge is 0.222 e. The van der Waals surface area contributed by atoms with Gasteiger partial charge in [0.15, 0.2) is 0 Å². The summed E-state index contributed by atoms with van der Waals surface area (Å²) >= 11 is 0. The minimum absolute atomic E-state index is 0.0406. The molecule has 94 valence electrons. The molecule has 0 radical (unpaired) electrons. The summed E-state index contributed by atoms with van der Waals surface area (Å²) < 4.78 is 5.14. The zero-order valence-corrected chi connectivity index (χ0v) is 10.1. The fourth-order valence-electron chi connectivity index (χ4n) is 2.20. The van der Waals surface area contributed by atoms with Crippen molar-refractivity contribution < 1.29 is 14.6 Å². The van der Waals surface area contributed by atoms with Gasteiger partial charge in [-0.15, -0.1) is 0 Å². The first-order chi connectivity index (χ1) is 7.77. The van der Waals surface area contributed by atoms with Crippen molar-refractivity contribution in [2.24, 2.45) is 5.92 Å². The van der Waals surface area contributed by atoms with Gasteiger partial charge in [-0.2, -0.15) is 0 Å². The molecule has 0 heterocycles. The van der Waals surface area contributed by atoms with Crippen LogP contribution >= 0.6 is 0 Å². The quantitative estimate of drug-likeness (QED) is 0.670. The predicted octanol–water partition coefficient (Wildman–Crippen LogP) is 1.08. The van der Waals surface area contributed by atoms with E-state index in [0.29, 0.717) is 19.6 Å². The molecule has 0 aromatic carbocycles. The maximum Gasteiger partial charge on any atom is 0.222 e. The molecular formula is C12H23NO3. The first kappa shape index (κ1) is 13.5. The molecule has 2 unspecified atom stereocenters. The lowest BCUT2D eigenvalue weighted by Crippen LogP contribution is -2.43. The second kappa shape index (κ2) is 7.63. The summed E-state index contributed by atoms with van der Waals surface area (Å²) in [5, 5.41) is 12.2. The Morgan fingerprint density at radius 1 is 1.44 bits per heavy atom. The fraction of sp³-hybridized carbons (Fsp3) is 0.917. The molecule has 1 fully saturated rings. The van der Waals surface area contributed by atoms with Gasteiger partial charge in [-0.1, -0.05) is 12.8 Å². The minimum atomic E-state index is 0.0406. The van der Waals surface area contributed by atoms with Gasteiger partial charge in [0, 0.05) is 31.6 Å². The molecule has 0 aromatic rings.